The fraction of sp³-hybridized carbons (Fsp3) is 0.545. The van der Waals surface area contributed by atoms with Crippen molar-refractivity contribution in [3.63, 3.8) is 0 Å². The maximum atomic E-state index is 6.22. The maximum absolute atomic E-state index is 6.22. The van der Waals surface area contributed by atoms with Crippen molar-refractivity contribution in [2.24, 2.45) is 18.7 Å². The normalized spacial score (nSPS) is 19.2. The zero-order valence-electron chi connectivity index (χ0n) is 9.92. The van der Waals surface area contributed by atoms with Crippen molar-refractivity contribution >= 4 is 0 Å². The SMILES string of the molecule is Cn1ccc(-c2noc(C(C)(N)C3CC3)n2)n1. The minimum absolute atomic E-state index is 0.458. The van der Waals surface area contributed by atoms with Gasteiger partial charge in [0.05, 0.1) is 5.54 Å². The van der Waals surface area contributed by atoms with E-state index in [-0.39, 0.29) is 0 Å². The fourth-order valence-electron chi connectivity index (χ4n) is 1.94. The van der Waals surface area contributed by atoms with Crippen LogP contribution in [0.3, 0.4) is 0 Å². The molecule has 17 heavy (non-hydrogen) atoms. The van der Waals surface area contributed by atoms with Gasteiger partial charge in [0, 0.05) is 13.2 Å². The first-order valence-electron chi connectivity index (χ1n) is 5.70. The van der Waals surface area contributed by atoms with Gasteiger partial charge in [0.25, 0.3) is 0 Å². The van der Waals surface area contributed by atoms with Crippen LogP contribution in [0.1, 0.15) is 25.7 Å². The molecular weight excluding hydrogens is 218 g/mol. The third kappa shape index (κ3) is 1.74. The fourth-order valence-corrected chi connectivity index (χ4v) is 1.94. The molecular formula is C11H15N5O. The Morgan fingerprint density at radius 1 is 1.53 bits per heavy atom. The van der Waals surface area contributed by atoms with E-state index in [0.29, 0.717) is 23.3 Å². The first-order chi connectivity index (χ1) is 8.07. The van der Waals surface area contributed by atoms with Gasteiger partial charge in [-0.2, -0.15) is 10.1 Å². The van der Waals surface area contributed by atoms with Crippen LogP contribution in [0.25, 0.3) is 11.5 Å². The van der Waals surface area contributed by atoms with Crippen molar-refractivity contribution in [2.45, 2.75) is 25.3 Å². The summed E-state index contributed by atoms with van der Waals surface area (Å²) < 4.78 is 6.96. The van der Waals surface area contributed by atoms with Gasteiger partial charge in [-0.1, -0.05) is 5.16 Å². The number of nitrogens with zero attached hydrogens (tertiary/aromatic N) is 4. The van der Waals surface area contributed by atoms with Crippen molar-refractivity contribution in [3.8, 4) is 11.5 Å². The lowest BCUT2D eigenvalue weighted by Crippen LogP contribution is -2.35. The Bertz CT molecular complexity index is 538. The van der Waals surface area contributed by atoms with Crippen LogP contribution in [0.2, 0.25) is 0 Å². The van der Waals surface area contributed by atoms with E-state index < -0.39 is 5.54 Å². The number of aryl methyl sites for hydroxylation is 1. The van der Waals surface area contributed by atoms with Gasteiger partial charge in [-0.15, -0.1) is 0 Å². The van der Waals surface area contributed by atoms with Crippen LogP contribution >= 0.6 is 0 Å². The first-order valence-corrected chi connectivity index (χ1v) is 5.70. The smallest absolute Gasteiger partial charge is 0.247 e. The van der Waals surface area contributed by atoms with Crippen molar-refractivity contribution in [1.29, 1.82) is 0 Å². The van der Waals surface area contributed by atoms with Gasteiger partial charge in [0.15, 0.2) is 0 Å². The highest BCUT2D eigenvalue weighted by molar-refractivity contribution is 5.46. The molecule has 0 radical (unpaired) electrons. The van der Waals surface area contributed by atoms with Crippen molar-refractivity contribution in [1.82, 2.24) is 19.9 Å². The molecule has 3 rings (SSSR count). The molecule has 1 aliphatic rings. The summed E-state index contributed by atoms with van der Waals surface area (Å²) in [5.74, 6) is 1.46. The molecule has 2 heterocycles. The van der Waals surface area contributed by atoms with E-state index in [2.05, 4.69) is 15.2 Å². The van der Waals surface area contributed by atoms with E-state index >= 15 is 0 Å². The second-order valence-corrected chi connectivity index (χ2v) is 4.85. The average molecular weight is 233 g/mol. The molecule has 6 heteroatoms. The Labute approximate surface area is 98.8 Å². The summed E-state index contributed by atoms with van der Waals surface area (Å²) in [4.78, 5) is 4.35. The van der Waals surface area contributed by atoms with E-state index in [4.69, 9.17) is 10.3 Å². The predicted molar refractivity (Wildman–Crippen MR) is 60.8 cm³/mol. The molecule has 6 nitrogen and oxygen atoms in total. The number of hydrogen-bond acceptors (Lipinski definition) is 5. The van der Waals surface area contributed by atoms with Crippen LogP contribution < -0.4 is 5.73 Å². The Balaban J connectivity index is 1.92. The van der Waals surface area contributed by atoms with Gasteiger partial charge in [0.1, 0.15) is 5.69 Å². The van der Waals surface area contributed by atoms with Crippen LogP contribution in [0.4, 0.5) is 0 Å². The van der Waals surface area contributed by atoms with Gasteiger partial charge in [-0.25, -0.2) is 0 Å². The molecule has 1 atom stereocenters. The summed E-state index contributed by atoms with van der Waals surface area (Å²) in [6, 6.07) is 1.85. The highest BCUT2D eigenvalue weighted by atomic mass is 16.5. The molecule has 90 valence electrons. The van der Waals surface area contributed by atoms with Crippen LogP contribution in [0, 0.1) is 5.92 Å². The Morgan fingerprint density at radius 3 is 2.88 bits per heavy atom. The molecule has 0 aromatic carbocycles. The highest BCUT2D eigenvalue weighted by Crippen LogP contribution is 2.43. The van der Waals surface area contributed by atoms with Gasteiger partial charge >= 0.3 is 0 Å². The van der Waals surface area contributed by atoms with Crippen LogP contribution in [-0.4, -0.2) is 19.9 Å². The Morgan fingerprint density at radius 2 is 2.29 bits per heavy atom. The molecule has 0 aliphatic heterocycles. The zero-order valence-corrected chi connectivity index (χ0v) is 9.92. The highest BCUT2D eigenvalue weighted by Gasteiger charge is 2.43. The van der Waals surface area contributed by atoms with Gasteiger partial charge in [-0.3, -0.25) is 4.68 Å². The van der Waals surface area contributed by atoms with Crippen LogP contribution in [-0.2, 0) is 12.6 Å². The molecule has 1 aliphatic carbocycles. The molecule has 1 unspecified atom stereocenters. The third-order valence-electron chi connectivity index (χ3n) is 3.25. The average Bonchev–Trinajstić information content (AvgIpc) is 2.87. The second-order valence-electron chi connectivity index (χ2n) is 4.85. The summed E-state index contributed by atoms with van der Waals surface area (Å²) >= 11 is 0. The summed E-state index contributed by atoms with van der Waals surface area (Å²) in [6.45, 7) is 1.94. The predicted octanol–water partition coefficient (Wildman–Crippen LogP) is 1.05. The number of hydrogen-bond donors (Lipinski definition) is 1. The lowest BCUT2D eigenvalue weighted by molar-refractivity contribution is 0.273. The third-order valence-corrected chi connectivity index (χ3v) is 3.25. The largest absolute Gasteiger partial charge is 0.337 e. The maximum Gasteiger partial charge on any atom is 0.247 e. The molecule has 2 aromatic heterocycles. The molecule has 0 saturated heterocycles. The number of aromatic nitrogens is 4. The van der Waals surface area contributed by atoms with E-state index in [1.165, 1.54) is 0 Å². The Kier molecular flexibility index (Phi) is 2.09. The summed E-state index contributed by atoms with van der Waals surface area (Å²) in [5, 5.41) is 8.16. The van der Waals surface area contributed by atoms with Crippen LogP contribution in [0.15, 0.2) is 16.8 Å². The standard InChI is InChI=1S/C11H15N5O/c1-11(12,7-3-4-7)10-13-9(15-17-10)8-5-6-16(2)14-8/h5-7H,3-4,12H2,1-2H3. The molecule has 2 aromatic rings. The lowest BCUT2D eigenvalue weighted by atomic mass is 9.97. The minimum Gasteiger partial charge on any atom is -0.337 e. The zero-order chi connectivity index (χ0) is 12.0. The monoisotopic (exact) mass is 233 g/mol. The van der Waals surface area contributed by atoms with Crippen LogP contribution in [0.5, 0.6) is 0 Å². The molecule has 0 spiro atoms. The first kappa shape index (κ1) is 10.5. The second kappa shape index (κ2) is 3.40. The van der Waals surface area contributed by atoms with E-state index in [1.54, 1.807) is 4.68 Å². The van der Waals surface area contributed by atoms with Gasteiger partial charge < -0.3 is 10.3 Å². The summed E-state index contributed by atoms with van der Waals surface area (Å²) in [5.41, 5.74) is 6.41. The topological polar surface area (TPSA) is 82.8 Å². The van der Waals surface area contributed by atoms with Gasteiger partial charge in [0.2, 0.25) is 11.7 Å². The summed E-state index contributed by atoms with van der Waals surface area (Å²) in [7, 11) is 1.85. The molecule has 1 saturated carbocycles. The lowest BCUT2D eigenvalue weighted by Gasteiger charge is -2.18. The molecule has 2 N–H and O–H groups in total. The van der Waals surface area contributed by atoms with E-state index in [0.717, 1.165) is 12.8 Å². The van der Waals surface area contributed by atoms with Gasteiger partial charge in [-0.05, 0) is 31.7 Å². The quantitative estimate of drug-likeness (QED) is 0.856. The minimum atomic E-state index is -0.514. The van der Waals surface area contributed by atoms with Crippen molar-refractivity contribution in [2.75, 3.05) is 0 Å². The van der Waals surface area contributed by atoms with E-state index in [9.17, 15) is 0 Å². The molecule has 0 amide bonds. The molecule has 0 bridgehead atoms. The Hall–Kier alpha value is -1.69. The summed E-state index contributed by atoms with van der Waals surface area (Å²) in [6.07, 6.45) is 4.11. The number of nitrogens with two attached hydrogens (primary N) is 1. The van der Waals surface area contributed by atoms with E-state index in [1.807, 2.05) is 26.2 Å². The number of rotatable bonds is 3. The van der Waals surface area contributed by atoms with Crippen molar-refractivity contribution in [3.05, 3.63) is 18.2 Å². The van der Waals surface area contributed by atoms with Crippen molar-refractivity contribution < 1.29 is 4.52 Å². The molecule has 1 fully saturated rings.